The number of carbonyl (C=O) groups is 3. The van der Waals surface area contributed by atoms with Crippen molar-refractivity contribution in [2.75, 3.05) is 26.3 Å². The molecule has 182 valence electrons. The van der Waals surface area contributed by atoms with Gasteiger partial charge in [-0.15, -0.1) is 0 Å². The summed E-state index contributed by atoms with van der Waals surface area (Å²) in [6.45, 7) is 2.53. The second kappa shape index (κ2) is 8.65. The van der Waals surface area contributed by atoms with Gasteiger partial charge in [-0.3, -0.25) is 19.7 Å². The largest absolute Gasteiger partial charge is 0.508 e. The molecule has 2 N–H and O–H groups in total. The Morgan fingerprint density at radius 3 is 2.50 bits per heavy atom. The summed E-state index contributed by atoms with van der Waals surface area (Å²) in [7, 11) is 0. The number of nitrogens with one attached hydrogen (secondary N) is 1. The van der Waals surface area contributed by atoms with Gasteiger partial charge >= 0.3 is 0 Å². The minimum absolute atomic E-state index is 0.0208. The van der Waals surface area contributed by atoms with Crippen LogP contribution >= 0.6 is 11.6 Å². The summed E-state index contributed by atoms with van der Waals surface area (Å²) in [5.41, 5.74) is 3.12. The fraction of sp³-hybridized carbons (Fsp3) is 0.222. The third-order valence-corrected chi connectivity index (χ3v) is 7.23. The van der Waals surface area contributed by atoms with E-state index in [9.17, 15) is 19.5 Å². The lowest BCUT2D eigenvalue weighted by atomic mass is 9.93. The standard InChI is InChI=1S/C27H22ClN3O5/c28-19-4-2-1-3-16(19)17-14-21-23(25-24(17)26(34)29-27(25)35)18-13-15(32)5-6-20(18)31(21)8-7-22(33)30-9-11-36-12-10-30/h1-6,13-14,32H,7-12H2,(H,29,34,35). The fourth-order valence-corrected chi connectivity index (χ4v) is 5.48. The van der Waals surface area contributed by atoms with Crippen LogP contribution < -0.4 is 5.32 Å². The first kappa shape index (κ1) is 22.6. The van der Waals surface area contributed by atoms with Gasteiger partial charge in [-0.1, -0.05) is 29.8 Å². The molecule has 0 radical (unpaired) electrons. The van der Waals surface area contributed by atoms with Crippen LogP contribution in [-0.4, -0.2) is 58.6 Å². The van der Waals surface area contributed by atoms with Gasteiger partial charge in [-0.25, -0.2) is 0 Å². The van der Waals surface area contributed by atoms with Crippen LogP contribution in [-0.2, 0) is 16.1 Å². The summed E-state index contributed by atoms with van der Waals surface area (Å²) in [5, 5.41) is 14.3. The zero-order valence-corrected chi connectivity index (χ0v) is 20.0. The molecule has 0 aliphatic carbocycles. The van der Waals surface area contributed by atoms with Crippen LogP contribution in [0.15, 0.2) is 48.5 Å². The Morgan fingerprint density at radius 1 is 0.972 bits per heavy atom. The molecule has 4 aromatic rings. The molecule has 8 nitrogen and oxygen atoms in total. The zero-order chi connectivity index (χ0) is 25.0. The Hall–Kier alpha value is -3.88. The smallest absolute Gasteiger partial charge is 0.259 e. The Kier molecular flexibility index (Phi) is 5.43. The number of hydrogen-bond donors (Lipinski definition) is 2. The number of aromatic hydroxyl groups is 1. The maximum absolute atomic E-state index is 13.1. The van der Waals surface area contributed by atoms with E-state index in [1.165, 1.54) is 0 Å². The summed E-state index contributed by atoms with van der Waals surface area (Å²) in [6.07, 6.45) is 0.253. The molecule has 2 aliphatic rings. The molecule has 3 heterocycles. The summed E-state index contributed by atoms with van der Waals surface area (Å²) < 4.78 is 7.33. The average Bonchev–Trinajstić information content (AvgIpc) is 3.35. The molecule has 0 bridgehead atoms. The van der Waals surface area contributed by atoms with E-state index in [1.807, 2.05) is 16.7 Å². The van der Waals surface area contributed by atoms with Crippen LogP contribution in [0.1, 0.15) is 27.1 Å². The maximum Gasteiger partial charge on any atom is 0.259 e. The van der Waals surface area contributed by atoms with Crippen LogP contribution in [0, 0.1) is 0 Å². The zero-order valence-electron chi connectivity index (χ0n) is 19.2. The van der Waals surface area contributed by atoms with Gasteiger partial charge in [0.25, 0.3) is 11.8 Å². The highest BCUT2D eigenvalue weighted by molar-refractivity contribution is 6.36. The molecule has 36 heavy (non-hydrogen) atoms. The van der Waals surface area contributed by atoms with Crippen LogP contribution in [0.3, 0.4) is 0 Å². The molecule has 9 heteroatoms. The number of aromatic nitrogens is 1. The number of phenols is 1. The van der Waals surface area contributed by atoms with E-state index in [2.05, 4.69) is 5.32 Å². The van der Waals surface area contributed by atoms with Gasteiger partial charge in [0, 0.05) is 52.9 Å². The number of morpholine rings is 1. The molecule has 1 saturated heterocycles. The molecule has 2 aliphatic heterocycles. The molecule has 0 spiro atoms. The first-order valence-corrected chi connectivity index (χ1v) is 12.1. The topological polar surface area (TPSA) is 101 Å². The highest BCUT2D eigenvalue weighted by atomic mass is 35.5. The molecule has 0 unspecified atom stereocenters. The third kappa shape index (κ3) is 3.53. The van der Waals surface area contributed by atoms with Crippen molar-refractivity contribution >= 4 is 51.1 Å². The van der Waals surface area contributed by atoms with Gasteiger partial charge < -0.3 is 19.3 Å². The molecule has 0 atom stereocenters. The van der Waals surface area contributed by atoms with E-state index in [0.717, 1.165) is 5.52 Å². The predicted molar refractivity (Wildman–Crippen MR) is 135 cm³/mol. The third-order valence-electron chi connectivity index (χ3n) is 6.90. The van der Waals surface area contributed by atoms with E-state index in [1.54, 1.807) is 41.3 Å². The number of nitrogens with zero attached hydrogens (tertiary/aromatic N) is 2. The van der Waals surface area contributed by atoms with Gasteiger partial charge in [0.2, 0.25) is 5.91 Å². The van der Waals surface area contributed by atoms with Crippen molar-refractivity contribution in [1.82, 2.24) is 14.8 Å². The monoisotopic (exact) mass is 503 g/mol. The molecule has 3 aromatic carbocycles. The van der Waals surface area contributed by atoms with Crippen molar-refractivity contribution in [2.24, 2.45) is 0 Å². The molecule has 1 aromatic heterocycles. The quantitative estimate of drug-likeness (QED) is 0.411. The SMILES string of the molecule is O=C1NC(=O)c2c1c(-c1ccccc1Cl)cc1c2c2cc(O)ccc2n1CCC(=O)N1CCOCC1. The highest BCUT2D eigenvalue weighted by Gasteiger charge is 2.35. The summed E-state index contributed by atoms with van der Waals surface area (Å²) in [4.78, 5) is 40.7. The number of aryl methyl sites for hydroxylation is 1. The molecule has 0 saturated carbocycles. The molecular weight excluding hydrogens is 482 g/mol. The Balaban J connectivity index is 1.59. The number of fused-ring (bicyclic) bond motifs is 5. The van der Waals surface area contributed by atoms with Crippen molar-refractivity contribution in [1.29, 1.82) is 0 Å². The number of carbonyl (C=O) groups excluding carboxylic acids is 3. The van der Waals surface area contributed by atoms with Crippen LogP contribution in [0.5, 0.6) is 5.75 Å². The van der Waals surface area contributed by atoms with Gasteiger partial charge in [-0.05, 0) is 35.9 Å². The summed E-state index contributed by atoms with van der Waals surface area (Å²) in [6, 6.07) is 13.9. The maximum atomic E-state index is 13.1. The summed E-state index contributed by atoms with van der Waals surface area (Å²) >= 11 is 6.51. The van der Waals surface area contributed by atoms with Crippen LogP contribution in [0.25, 0.3) is 32.9 Å². The number of amides is 3. The lowest BCUT2D eigenvalue weighted by Crippen LogP contribution is -2.40. The Labute approximate surface area is 211 Å². The molecule has 6 rings (SSSR count). The second-order valence-electron chi connectivity index (χ2n) is 8.93. The molecule has 1 fully saturated rings. The fourth-order valence-electron chi connectivity index (χ4n) is 5.25. The second-order valence-corrected chi connectivity index (χ2v) is 9.33. The molecule has 3 amide bonds. The van der Waals surface area contributed by atoms with E-state index in [0.29, 0.717) is 65.3 Å². The lowest BCUT2D eigenvalue weighted by Gasteiger charge is -2.27. The van der Waals surface area contributed by atoms with E-state index < -0.39 is 11.8 Å². The lowest BCUT2D eigenvalue weighted by molar-refractivity contribution is -0.135. The van der Waals surface area contributed by atoms with Crippen molar-refractivity contribution in [2.45, 2.75) is 13.0 Å². The first-order chi connectivity index (χ1) is 17.4. The van der Waals surface area contributed by atoms with Crippen LogP contribution in [0.2, 0.25) is 5.02 Å². The number of hydrogen-bond acceptors (Lipinski definition) is 5. The number of phenolic OH excluding ortho intramolecular Hbond substituents is 1. The van der Waals surface area contributed by atoms with Crippen molar-refractivity contribution < 1.29 is 24.2 Å². The normalized spacial score (nSPS) is 15.5. The number of imide groups is 1. The number of ether oxygens (including phenoxy) is 1. The van der Waals surface area contributed by atoms with Crippen LogP contribution in [0.4, 0.5) is 0 Å². The predicted octanol–water partition coefficient (Wildman–Crippen LogP) is 3.95. The van der Waals surface area contributed by atoms with Gasteiger partial charge in [0.1, 0.15) is 5.75 Å². The molecular formula is C27H22ClN3O5. The number of rotatable bonds is 4. The minimum Gasteiger partial charge on any atom is -0.508 e. The number of halogens is 1. The van der Waals surface area contributed by atoms with Crippen molar-refractivity contribution in [3.8, 4) is 16.9 Å². The highest BCUT2D eigenvalue weighted by Crippen LogP contribution is 2.42. The van der Waals surface area contributed by atoms with E-state index >= 15 is 0 Å². The Morgan fingerprint density at radius 2 is 1.72 bits per heavy atom. The average molecular weight is 504 g/mol. The number of benzene rings is 3. The minimum atomic E-state index is -0.499. The van der Waals surface area contributed by atoms with Gasteiger partial charge in [-0.2, -0.15) is 0 Å². The van der Waals surface area contributed by atoms with E-state index in [-0.39, 0.29) is 29.2 Å². The summed E-state index contributed by atoms with van der Waals surface area (Å²) in [5.74, 6) is -0.928. The Bertz CT molecular complexity index is 1590. The van der Waals surface area contributed by atoms with Crippen molar-refractivity contribution in [3.05, 3.63) is 64.7 Å². The van der Waals surface area contributed by atoms with Gasteiger partial charge in [0.15, 0.2) is 0 Å². The van der Waals surface area contributed by atoms with E-state index in [4.69, 9.17) is 16.3 Å². The van der Waals surface area contributed by atoms with Crippen molar-refractivity contribution in [3.63, 3.8) is 0 Å². The first-order valence-electron chi connectivity index (χ1n) is 11.7. The van der Waals surface area contributed by atoms with Gasteiger partial charge in [0.05, 0.1) is 29.9 Å².